The van der Waals surface area contributed by atoms with E-state index in [0.29, 0.717) is 39.0 Å². The zero-order valence-corrected chi connectivity index (χ0v) is 14.0. The predicted octanol–water partition coefficient (Wildman–Crippen LogP) is 1.88. The van der Waals surface area contributed by atoms with Gasteiger partial charge in [0.25, 0.3) is 0 Å². The highest BCUT2D eigenvalue weighted by molar-refractivity contribution is 5.81. The second-order valence-corrected chi connectivity index (χ2v) is 6.62. The van der Waals surface area contributed by atoms with Gasteiger partial charge >= 0.3 is 18.0 Å². The summed E-state index contributed by atoms with van der Waals surface area (Å²) in [4.78, 5) is 37.1. The highest BCUT2D eigenvalue weighted by Gasteiger charge is 2.35. The van der Waals surface area contributed by atoms with Crippen LogP contribution < -0.4 is 0 Å². The molecule has 2 rings (SSSR count). The van der Waals surface area contributed by atoms with Crippen LogP contribution >= 0.6 is 0 Å². The predicted molar refractivity (Wildman–Crippen MR) is 80.6 cm³/mol. The summed E-state index contributed by atoms with van der Waals surface area (Å²) in [5.41, 5.74) is -0.490. The van der Waals surface area contributed by atoms with Crippen molar-refractivity contribution in [1.29, 1.82) is 0 Å². The number of carbonyl (C=O) groups is 3. The molecule has 23 heavy (non-hydrogen) atoms. The van der Waals surface area contributed by atoms with Gasteiger partial charge in [0.1, 0.15) is 5.60 Å². The molecular weight excluding hydrogens is 302 g/mol. The molecule has 1 atom stereocenters. The van der Waals surface area contributed by atoms with Crippen molar-refractivity contribution in [3.63, 3.8) is 0 Å². The molecule has 0 bridgehead atoms. The van der Waals surface area contributed by atoms with Crippen LogP contribution in [0.5, 0.6) is 0 Å². The number of carbonyl (C=O) groups excluding carboxylic acids is 3. The summed E-state index contributed by atoms with van der Waals surface area (Å²) in [7, 11) is 0. The van der Waals surface area contributed by atoms with Crippen molar-refractivity contribution in [3.05, 3.63) is 0 Å². The smallest absolute Gasteiger partial charge is 0.410 e. The summed E-state index contributed by atoms with van der Waals surface area (Å²) >= 11 is 0. The molecule has 0 aromatic carbocycles. The van der Waals surface area contributed by atoms with Gasteiger partial charge in [0.2, 0.25) is 6.10 Å². The number of amides is 1. The van der Waals surface area contributed by atoms with Gasteiger partial charge < -0.3 is 19.1 Å². The molecule has 2 heterocycles. The third-order valence-corrected chi connectivity index (χ3v) is 4.45. The third kappa shape index (κ3) is 4.59. The lowest BCUT2D eigenvalue weighted by Crippen LogP contribution is -2.44. The first-order valence-electron chi connectivity index (χ1n) is 8.17. The van der Waals surface area contributed by atoms with E-state index in [-0.39, 0.29) is 18.0 Å². The number of rotatable bonds is 4. The molecule has 7 heteroatoms. The summed E-state index contributed by atoms with van der Waals surface area (Å²) < 4.78 is 15.4. The highest BCUT2D eigenvalue weighted by atomic mass is 16.6. The fraction of sp³-hybridized carbons (Fsp3) is 0.812. The normalized spacial score (nSPS) is 22.7. The van der Waals surface area contributed by atoms with Crippen LogP contribution in [0.2, 0.25) is 0 Å². The van der Waals surface area contributed by atoms with Crippen molar-refractivity contribution >= 4 is 18.0 Å². The van der Waals surface area contributed by atoms with Crippen LogP contribution in [0.3, 0.4) is 0 Å². The van der Waals surface area contributed by atoms with Gasteiger partial charge in [0.05, 0.1) is 12.5 Å². The number of nitrogens with zero attached hydrogens (tertiary/aromatic N) is 1. The standard InChI is InChI=1S/C16H25NO6/c1-4-16(2,3)23-15(20)17-8-5-11(6-9-17)13(18)22-12-7-10-21-14(12)19/h11-12H,4-10H2,1-3H3. The molecule has 1 unspecified atom stereocenters. The number of esters is 2. The molecule has 1 amide bonds. The van der Waals surface area contributed by atoms with E-state index in [1.165, 1.54) is 0 Å². The van der Waals surface area contributed by atoms with E-state index in [0.717, 1.165) is 6.42 Å². The van der Waals surface area contributed by atoms with E-state index < -0.39 is 17.7 Å². The molecule has 0 aliphatic carbocycles. The number of hydrogen-bond donors (Lipinski definition) is 0. The molecule has 0 aromatic rings. The SMILES string of the molecule is CCC(C)(C)OC(=O)N1CCC(C(=O)OC2CCOC2=O)CC1. The highest BCUT2D eigenvalue weighted by Crippen LogP contribution is 2.23. The van der Waals surface area contributed by atoms with Crippen molar-refractivity contribution in [2.24, 2.45) is 5.92 Å². The molecule has 7 nitrogen and oxygen atoms in total. The van der Waals surface area contributed by atoms with Gasteiger partial charge in [-0.1, -0.05) is 6.92 Å². The molecule has 2 saturated heterocycles. The number of ether oxygens (including phenoxy) is 3. The summed E-state index contributed by atoms with van der Waals surface area (Å²) in [5, 5.41) is 0. The van der Waals surface area contributed by atoms with E-state index in [2.05, 4.69) is 0 Å². The Hall–Kier alpha value is -1.79. The van der Waals surface area contributed by atoms with Gasteiger partial charge in [-0.15, -0.1) is 0 Å². The Morgan fingerprint density at radius 1 is 1.26 bits per heavy atom. The number of likely N-dealkylation sites (tertiary alicyclic amines) is 1. The zero-order chi connectivity index (χ0) is 17.0. The number of piperidine rings is 1. The Bertz CT molecular complexity index is 467. The van der Waals surface area contributed by atoms with Crippen LogP contribution in [0.1, 0.15) is 46.5 Å². The van der Waals surface area contributed by atoms with E-state index in [9.17, 15) is 14.4 Å². The third-order valence-electron chi connectivity index (χ3n) is 4.45. The maximum Gasteiger partial charge on any atom is 0.410 e. The lowest BCUT2D eigenvalue weighted by molar-refractivity contribution is -0.164. The Balaban J connectivity index is 1.78. The molecule has 2 fully saturated rings. The Labute approximate surface area is 136 Å². The van der Waals surface area contributed by atoms with Crippen molar-refractivity contribution < 1.29 is 28.6 Å². The fourth-order valence-electron chi connectivity index (χ4n) is 2.49. The minimum Gasteiger partial charge on any atom is -0.463 e. The first-order chi connectivity index (χ1) is 10.8. The molecule has 0 radical (unpaired) electrons. The fourth-order valence-corrected chi connectivity index (χ4v) is 2.49. The lowest BCUT2D eigenvalue weighted by atomic mass is 9.97. The quantitative estimate of drug-likeness (QED) is 0.579. The van der Waals surface area contributed by atoms with Crippen molar-refractivity contribution in [1.82, 2.24) is 4.90 Å². The van der Waals surface area contributed by atoms with Crippen LogP contribution in [-0.4, -0.2) is 54.3 Å². The first kappa shape index (κ1) is 17.6. The van der Waals surface area contributed by atoms with E-state index in [1.54, 1.807) is 4.90 Å². The Kier molecular flexibility index (Phi) is 5.49. The van der Waals surface area contributed by atoms with Crippen LogP contribution in [-0.2, 0) is 23.8 Å². The molecule has 130 valence electrons. The minimum atomic E-state index is -0.768. The van der Waals surface area contributed by atoms with Crippen LogP contribution in [0.25, 0.3) is 0 Å². The summed E-state index contributed by atoms with van der Waals surface area (Å²) in [6.07, 6.45) is 1.07. The lowest BCUT2D eigenvalue weighted by Gasteiger charge is -2.33. The number of hydrogen-bond acceptors (Lipinski definition) is 6. The topological polar surface area (TPSA) is 82.1 Å². The molecule has 2 aliphatic heterocycles. The second-order valence-electron chi connectivity index (χ2n) is 6.62. The number of cyclic esters (lactones) is 1. The van der Waals surface area contributed by atoms with Crippen LogP contribution in [0.15, 0.2) is 0 Å². The van der Waals surface area contributed by atoms with E-state index in [1.807, 2.05) is 20.8 Å². The largest absolute Gasteiger partial charge is 0.463 e. The monoisotopic (exact) mass is 327 g/mol. The summed E-state index contributed by atoms with van der Waals surface area (Å²) in [5.74, 6) is -1.14. The summed E-state index contributed by atoms with van der Waals surface area (Å²) in [6, 6.07) is 0. The zero-order valence-electron chi connectivity index (χ0n) is 14.0. The van der Waals surface area contributed by atoms with Gasteiger partial charge in [-0.05, 0) is 33.1 Å². The minimum absolute atomic E-state index is 0.286. The Morgan fingerprint density at radius 2 is 1.91 bits per heavy atom. The molecule has 0 saturated carbocycles. The Morgan fingerprint density at radius 3 is 2.43 bits per heavy atom. The molecule has 0 N–H and O–H groups in total. The average molecular weight is 327 g/mol. The van der Waals surface area contributed by atoms with Crippen molar-refractivity contribution in [2.45, 2.75) is 58.2 Å². The van der Waals surface area contributed by atoms with Crippen molar-refractivity contribution in [2.75, 3.05) is 19.7 Å². The second kappa shape index (κ2) is 7.19. The van der Waals surface area contributed by atoms with Gasteiger partial charge in [0, 0.05) is 19.5 Å². The maximum atomic E-state index is 12.1. The van der Waals surface area contributed by atoms with Gasteiger partial charge in [0.15, 0.2) is 0 Å². The van der Waals surface area contributed by atoms with Crippen molar-refractivity contribution in [3.8, 4) is 0 Å². The van der Waals surface area contributed by atoms with E-state index >= 15 is 0 Å². The first-order valence-corrected chi connectivity index (χ1v) is 8.17. The van der Waals surface area contributed by atoms with Crippen LogP contribution in [0.4, 0.5) is 4.79 Å². The van der Waals surface area contributed by atoms with Crippen LogP contribution in [0, 0.1) is 5.92 Å². The maximum absolute atomic E-state index is 12.1. The van der Waals surface area contributed by atoms with Gasteiger partial charge in [-0.2, -0.15) is 0 Å². The molecular formula is C16H25NO6. The van der Waals surface area contributed by atoms with Gasteiger partial charge in [-0.25, -0.2) is 9.59 Å². The van der Waals surface area contributed by atoms with E-state index in [4.69, 9.17) is 14.2 Å². The molecule has 2 aliphatic rings. The average Bonchev–Trinajstić information content (AvgIpc) is 2.92. The molecule has 0 spiro atoms. The van der Waals surface area contributed by atoms with Gasteiger partial charge in [-0.3, -0.25) is 4.79 Å². The summed E-state index contributed by atoms with van der Waals surface area (Å²) in [6.45, 7) is 6.91. The molecule has 0 aromatic heterocycles.